The van der Waals surface area contributed by atoms with Crippen molar-refractivity contribution in [2.24, 2.45) is 0 Å². The Balaban J connectivity index is 1.61. The van der Waals surface area contributed by atoms with Gasteiger partial charge in [0.05, 0.1) is 17.7 Å². The topological polar surface area (TPSA) is 88.1 Å². The summed E-state index contributed by atoms with van der Waals surface area (Å²) in [6, 6.07) is 19.9. The second-order valence-corrected chi connectivity index (χ2v) is 9.02. The summed E-state index contributed by atoms with van der Waals surface area (Å²) in [6.07, 6.45) is 2.18. The molecule has 2 aromatic carbocycles. The monoisotopic (exact) mass is 395 g/mol. The summed E-state index contributed by atoms with van der Waals surface area (Å²) in [5, 5.41) is 11.2. The van der Waals surface area contributed by atoms with Crippen LogP contribution >= 0.6 is 0 Å². The van der Waals surface area contributed by atoms with Crippen LogP contribution < -0.4 is 10.2 Å². The molecule has 0 spiro atoms. The highest BCUT2D eigenvalue weighted by molar-refractivity contribution is 7.91. The molecule has 1 atom stereocenters. The van der Waals surface area contributed by atoms with E-state index in [1.54, 1.807) is 6.20 Å². The fourth-order valence-electron chi connectivity index (χ4n) is 3.26. The number of hydrogen-bond donors (Lipinski definition) is 1. The molecule has 144 valence electrons. The Hall–Kier alpha value is -3.00. The van der Waals surface area contributed by atoms with Crippen molar-refractivity contribution < 1.29 is 8.42 Å². The van der Waals surface area contributed by atoms with Crippen molar-refractivity contribution in [3.63, 3.8) is 0 Å². The molecule has 1 fully saturated rings. The van der Waals surface area contributed by atoms with Crippen molar-refractivity contribution in [1.82, 2.24) is 15.2 Å². The number of aromatic nitrogens is 3. The number of anilines is 3. The molecule has 1 aromatic heterocycles. The molecule has 0 aliphatic carbocycles. The molecule has 1 aliphatic rings. The van der Waals surface area contributed by atoms with Gasteiger partial charge in [0.15, 0.2) is 15.7 Å². The smallest absolute Gasteiger partial charge is 0.244 e. The highest BCUT2D eigenvalue weighted by Crippen LogP contribution is 2.26. The first-order chi connectivity index (χ1) is 13.6. The number of para-hydroxylation sites is 1. The molecule has 1 aliphatic heterocycles. The fraction of sp³-hybridized carbons (Fsp3) is 0.250. The van der Waals surface area contributed by atoms with Gasteiger partial charge in [-0.2, -0.15) is 10.1 Å². The average molecular weight is 395 g/mol. The van der Waals surface area contributed by atoms with E-state index >= 15 is 0 Å². The number of benzene rings is 2. The third kappa shape index (κ3) is 4.45. The molecular weight excluding hydrogens is 374 g/mol. The van der Waals surface area contributed by atoms with Crippen LogP contribution in [0, 0.1) is 0 Å². The molecule has 0 amide bonds. The van der Waals surface area contributed by atoms with Crippen LogP contribution in [-0.2, 0) is 16.4 Å². The molecule has 0 bridgehead atoms. The third-order valence-electron chi connectivity index (χ3n) is 4.64. The Morgan fingerprint density at radius 3 is 2.43 bits per heavy atom. The maximum absolute atomic E-state index is 11.7. The molecule has 1 unspecified atom stereocenters. The number of nitrogens with one attached hydrogen (secondary N) is 1. The van der Waals surface area contributed by atoms with Crippen LogP contribution in [0.5, 0.6) is 0 Å². The minimum atomic E-state index is -2.97. The van der Waals surface area contributed by atoms with Gasteiger partial charge in [0.2, 0.25) is 5.95 Å². The van der Waals surface area contributed by atoms with Gasteiger partial charge < -0.3 is 10.2 Å². The molecule has 2 heterocycles. The minimum absolute atomic E-state index is 0.104. The van der Waals surface area contributed by atoms with E-state index in [1.165, 1.54) is 0 Å². The highest BCUT2D eigenvalue weighted by Gasteiger charge is 2.28. The Bertz CT molecular complexity index is 1030. The molecular formula is C20H21N5O2S. The van der Waals surface area contributed by atoms with Gasteiger partial charge >= 0.3 is 0 Å². The second kappa shape index (κ2) is 7.93. The quantitative estimate of drug-likeness (QED) is 0.686. The maximum atomic E-state index is 11.7. The normalized spacial score (nSPS) is 17.9. The lowest BCUT2D eigenvalue weighted by Crippen LogP contribution is -2.24. The highest BCUT2D eigenvalue weighted by atomic mass is 32.2. The number of hydrogen-bond acceptors (Lipinski definition) is 7. The SMILES string of the molecule is O=S1(=O)CCC(Nc2nncc(N(Cc3ccccc3)c3ccccc3)n2)C1. The van der Waals surface area contributed by atoms with Gasteiger partial charge in [0.1, 0.15) is 0 Å². The maximum Gasteiger partial charge on any atom is 0.244 e. The van der Waals surface area contributed by atoms with Gasteiger partial charge in [-0.15, -0.1) is 5.10 Å². The lowest BCUT2D eigenvalue weighted by atomic mass is 10.2. The first-order valence-electron chi connectivity index (χ1n) is 9.12. The molecule has 8 heteroatoms. The molecule has 1 N–H and O–H groups in total. The zero-order valence-electron chi connectivity index (χ0n) is 15.3. The van der Waals surface area contributed by atoms with Crippen molar-refractivity contribution in [2.75, 3.05) is 21.7 Å². The van der Waals surface area contributed by atoms with Crippen LogP contribution in [0.2, 0.25) is 0 Å². The minimum Gasteiger partial charge on any atom is -0.349 e. The van der Waals surface area contributed by atoms with Gasteiger partial charge in [-0.05, 0) is 24.1 Å². The van der Waals surface area contributed by atoms with E-state index < -0.39 is 9.84 Å². The number of nitrogens with zero attached hydrogens (tertiary/aromatic N) is 4. The molecule has 4 rings (SSSR count). The summed E-state index contributed by atoms with van der Waals surface area (Å²) in [7, 11) is -2.97. The van der Waals surface area contributed by atoms with Gasteiger partial charge in [-0.3, -0.25) is 0 Å². The van der Waals surface area contributed by atoms with E-state index in [1.807, 2.05) is 48.5 Å². The summed E-state index contributed by atoms with van der Waals surface area (Å²) in [5.41, 5.74) is 2.13. The van der Waals surface area contributed by atoms with E-state index in [4.69, 9.17) is 0 Å². The Morgan fingerprint density at radius 1 is 1.04 bits per heavy atom. The van der Waals surface area contributed by atoms with Crippen LogP contribution in [0.1, 0.15) is 12.0 Å². The molecule has 7 nitrogen and oxygen atoms in total. The first-order valence-corrected chi connectivity index (χ1v) is 10.9. The lowest BCUT2D eigenvalue weighted by molar-refractivity contribution is 0.602. The zero-order valence-corrected chi connectivity index (χ0v) is 16.1. The van der Waals surface area contributed by atoms with Crippen LogP contribution in [0.3, 0.4) is 0 Å². The van der Waals surface area contributed by atoms with Crippen molar-refractivity contribution in [2.45, 2.75) is 19.0 Å². The van der Waals surface area contributed by atoms with Crippen molar-refractivity contribution in [1.29, 1.82) is 0 Å². The second-order valence-electron chi connectivity index (χ2n) is 6.79. The molecule has 1 saturated heterocycles. The summed E-state index contributed by atoms with van der Waals surface area (Å²) in [4.78, 5) is 6.66. The van der Waals surface area contributed by atoms with Gasteiger partial charge in [-0.1, -0.05) is 48.5 Å². The van der Waals surface area contributed by atoms with Crippen LogP contribution in [0.15, 0.2) is 66.9 Å². The van der Waals surface area contributed by atoms with Crippen molar-refractivity contribution in [3.05, 3.63) is 72.4 Å². The van der Waals surface area contributed by atoms with Crippen LogP contribution in [0.4, 0.5) is 17.5 Å². The Labute approximate surface area is 164 Å². The van der Waals surface area contributed by atoms with Gasteiger partial charge in [0.25, 0.3) is 0 Å². The van der Waals surface area contributed by atoms with Gasteiger partial charge in [-0.25, -0.2) is 8.42 Å². The first kappa shape index (κ1) is 18.4. The largest absolute Gasteiger partial charge is 0.349 e. The van der Waals surface area contributed by atoms with Crippen LogP contribution in [0.25, 0.3) is 0 Å². The van der Waals surface area contributed by atoms with E-state index in [2.05, 4.69) is 37.5 Å². The predicted molar refractivity (Wildman–Crippen MR) is 109 cm³/mol. The molecule has 0 saturated carbocycles. The lowest BCUT2D eigenvalue weighted by Gasteiger charge is -2.24. The van der Waals surface area contributed by atoms with Crippen molar-refractivity contribution in [3.8, 4) is 0 Å². The predicted octanol–water partition coefficient (Wildman–Crippen LogP) is 2.81. The number of sulfone groups is 1. The van der Waals surface area contributed by atoms with E-state index in [-0.39, 0.29) is 17.5 Å². The van der Waals surface area contributed by atoms with Crippen LogP contribution in [-0.4, -0.2) is 41.1 Å². The Morgan fingerprint density at radius 2 is 1.75 bits per heavy atom. The fourth-order valence-corrected chi connectivity index (χ4v) is 4.93. The van der Waals surface area contributed by atoms with Gasteiger partial charge in [0, 0.05) is 18.3 Å². The molecule has 3 aromatic rings. The standard InChI is InChI=1S/C20H21N5O2S/c26-28(27)12-11-17(15-28)22-20-23-19(13-21-24-20)25(18-9-5-2-6-10-18)14-16-7-3-1-4-8-16/h1-10,13,17H,11-12,14-15H2,(H,22,23,24). The number of rotatable bonds is 6. The average Bonchev–Trinajstić information content (AvgIpc) is 3.06. The summed E-state index contributed by atoms with van der Waals surface area (Å²) in [6.45, 7) is 0.626. The molecule has 0 radical (unpaired) electrons. The zero-order chi connectivity index (χ0) is 19.4. The summed E-state index contributed by atoms with van der Waals surface area (Å²) < 4.78 is 23.4. The molecule has 28 heavy (non-hydrogen) atoms. The Kier molecular flexibility index (Phi) is 5.21. The van der Waals surface area contributed by atoms with Crippen molar-refractivity contribution >= 4 is 27.3 Å². The van der Waals surface area contributed by atoms with E-state index in [0.717, 1.165) is 11.3 Å². The van der Waals surface area contributed by atoms with E-state index in [9.17, 15) is 8.42 Å². The summed E-state index contributed by atoms with van der Waals surface area (Å²) >= 11 is 0. The third-order valence-corrected chi connectivity index (χ3v) is 6.41. The summed E-state index contributed by atoms with van der Waals surface area (Å²) in [5.74, 6) is 1.29. The van der Waals surface area contributed by atoms with E-state index in [0.29, 0.717) is 24.7 Å².